The number of amides is 1. The van der Waals surface area contributed by atoms with Crippen LogP contribution in [-0.2, 0) is 0 Å². The molecule has 98 valence electrons. The maximum atomic E-state index is 12.1. The van der Waals surface area contributed by atoms with E-state index in [1.165, 1.54) is 6.20 Å². The van der Waals surface area contributed by atoms with Crippen molar-refractivity contribution >= 4 is 33.2 Å². The van der Waals surface area contributed by atoms with Crippen LogP contribution in [0.2, 0.25) is 0 Å². The van der Waals surface area contributed by atoms with Crippen molar-refractivity contribution in [2.45, 2.75) is 13.8 Å². The molecule has 0 radical (unpaired) electrons. The summed E-state index contributed by atoms with van der Waals surface area (Å²) in [5, 5.41) is 2.81. The zero-order valence-corrected chi connectivity index (χ0v) is 12.3. The van der Waals surface area contributed by atoms with E-state index in [4.69, 9.17) is 5.73 Å². The first-order chi connectivity index (χ1) is 8.97. The third-order valence-electron chi connectivity index (χ3n) is 2.69. The minimum Gasteiger partial charge on any atom is -0.398 e. The van der Waals surface area contributed by atoms with Crippen LogP contribution in [0.3, 0.4) is 0 Å². The molecule has 0 saturated carbocycles. The number of nitrogens with one attached hydrogen (secondary N) is 1. The van der Waals surface area contributed by atoms with Crippen molar-refractivity contribution < 1.29 is 4.79 Å². The highest BCUT2D eigenvalue weighted by molar-refractivity contribution is 9.10. The second-order valence-corrected chi connectivity index (χ2v) is 5.20. The number of halogens is 1. The zero-order chi connectivity index (χ0) is 14.0. The van der Waals surface area contributed by atoms with Gasteiger partial charge in [0.1, 0.15) is 0 Å². The average Bonchev–Trinajstić information content (AvgIpc) is 2.32. The van der Waals surface area contributed by atoms with Gasteiger partial charge in [-0.1, -0.05) is 6.07 Å². The lowest BCUT2D eigenvalue weighted by Crippen LogP contribution is -2.15. The number of aromatic nitrogens is 1. The molecule has 5 heteroatoms. The second kappa shape index (κ2) is 5.40. The first-order valence-electron chi connectivity index (χ1n) is 5.77. The minimum absolute atomic E-state index is 0.269. The molecule has 1 aromatic heterocycles. The van der Waals surface area contributed by atoms with E-state index in [0.29, 0.717) is 16.9 Å². The first-order valence-corrected chi connectivity index (χ1v) is 6.56. The monoisotopic (exact) mass is 319 g/mol. The molecule has 0 unspecified atom stereocenters. The van der Waals surface area contributed by atoms with Gasteiger partial charge in [0, 0.05) is 22.1 Å². The van der Waals surface area contributed by atoms with Crippen LogP contribution in [0.15, 0.2) is 34.9 Å². The molecule has 0 bridgehead atoms. The van der Waals surface area contributed by atoms with Gasteiger partial charge in [-0.15, -0.1) is 0 Å². The maximum absolute atomic E-state index is 12.1. The summed E-state index contributed by atoms with van der Waals surface area (Å²) in [4.78, 5) is 16.2. The van der Waals surface area contributed by atoms with Gasteiger partial charge in [-0.3, -0.25) is 9.78 Å². The topological polar surface area (TPSA) is 68.0 Å². The number of carbonyl (C=O) groups is 1. The molecular formula is C14H14BrN3O. The quantitative estimate of drug-likeness (QED) is 0.892. The number of rotatable bonds is 2. The Morgan fingerprint density at radius 2 is 2.05 bits per heavy atom. The van der Waals surface area contributed by atoms with Gasteiger partial charge in [-0.05, 0) is 53.5 Å². The Labute approximate surface area is 120 Å². The van der Waals surface area contributed by atoms with E-state index in [1.54, 1.807) is 6.07 Å². The summed E-state index contributed by atoms with van der Waals surface area (Å²) in [5.41, 5.74) is 9.22. The number of anilines is 2. The van der Waals surface area contributed by atoms with Crippen LogP contribution in [0, 0.1) is 13.8 Å². The summed E-state index contributed by atoms with van der Waals surface area (Å²) < 4.78 is 0.833. The van der Waals surface area contributed by atoms with Gasteiger partial charge >= 0.3 is 0 Å². The highest BCUT2D eigenvalue weighted by Crippen LogP contribution is 2.24. The third-order valence-corrected chi connectivity index (χ3v) is 3.35. The number of aryl methyl sites for hydroxylation is 2. The van der Waals surface area contributed by atoms with E-state index < -0.39 is 0 Å². The molecular weight excluding hydrogens is 306 g/mol. The minimum atomic E-state index is -0.269. The van der Waals surface area contributed by atoms with Gasteiger partial charge in [0.2, 0.25) is 0 Å². The standard InChI is InChI=1S/C14H14BrN3O/c1-8-3-4-13(11(15)5-8)18-14(19)10-7-17-9(2)6-12(10)16/h3-7H,1-2H3,(H2,16,17)(H,18,19). The Kier molecular flexibility index (Phi) is 3.85. The first kappa shape index (κ1) is 13.5. The maximum Gasteiger partial charge on any atom is 0.259 e. The summed E-state index contributed by atoms with van der Waals surface area (Å²) >= 11 is 3.42. The molecule has 3 N–H and O–H groups in total. The van der Waals surface area contributed by atoms with Gasteiger partial charge in [0.05, 0.1) is 11.3 Å². The van der Waals surface area contributed by atoms with Gasteiger partial charge in [0.25, 0.3) is 5.91 Å². The van der Waals surface area contributed by atoms with E-state index in [0.717, 1.165) is 15.7 Å². The number of nitrogen functional groups attached to an aromatic ring is 1. The normalized spacial score (nSPS) is 10.3. The average molecular weight is 320 g/mol. The summed E-state index contributed by atoms with van der Waals surface area (Å²) in [6.45, 7) is 3.81. The number of hydrogen-bond acceptors (Lipinski definition) is 3. The van der Waals surface area contributed by atoms with Gasteiger partial charge in [-0.2, -0.15) is 0 Å². The van der Waals surface area contributed by atoms with E-state index in [2.05, 4.69) is 26.2 Å². The van der Waals surface area contributed by atoms with Gasteiger partial charge < -0.3 is 11.1 Å². The summed E-state index contributed by atoms with van der Waals surface area (Å²) in [6, 6.07) is 7.39. The van der Waals surface area contributed by atoms with Crippen molar-refractivity contribution in [1.29, 1.82) is 0 Å². The fourth-order valence-electron chi connectivity index (χ4n) is 1.68. The summed E-state index contributed by atoms with van der Waals surface area (Å²) in [5.74, 6) is -0.269. The molecule has 0 atom stereocenters. The Bertz CT molecular complexity index is 641. The molecule has 2 aromatic rings. The molecule has 0 aliphatic rings. The fourth-order valence-corrected chi connectivity index (χ4v) is 2.27. The fraction of sp³-hybridized carbons (Fsp3) is 0.143. The van der Waals surface area contributed by atoms with Crippen LogP contribution >= 0.6 is 15.9 Å². The number of carbonyl (C=O) groups excluding carboxylic acids is 1. The molecule has 19 heavy (non-hydrogen) atoms. The Balaban J connectivity index is 2.25. The van der Waals surface area contributed by atoms with Crippen molar-refractivity contribution in [3.63, 3.8) is 0 Å². The molecule has 0 aliphatic carbocycles. The summed E-state index contributed by atoms with van der Waals surface area (Å²) in [6.07, 6.45) is 1.49. The van der Waals surface area contributed by atoms with Crippen molar-refractivity contribution in [2.24, 2.45) is 0 Å². The lowest BCUT2D eigenvalue weighted by atomic mass is 10.2. The van der Waals surface area contributed by atoms with Crippen molar-refractivity contribution in [2.75, 3.05) is 11.1 Å². The molecule has 0 aliphatic heterocycles. The lowest BCUT2D eigenvalue weighted by molar-refractivity contribution is 0.102. The van der Waals surface area contributed by atoms with Crippen molar-refractivity contribution in [3.8, 4) is 0 Å². The van der Waals surface area contributed by atoms with Crippen molar-refractivity contribution in [3.05, 3.63) is 51.8 Å². The van der Waals surface area contributed by atoms with E-state index in [9.17, 15) is 4.79 Å². The van der Waals surface area contributed by atoms with Crippen LogP contribution in [0.25, 0.3) is 0 Å². The molecule has 1 heterocycles. The van der Waals surface area contributed by atoms with Gasteiger partial charge in [-0.25, -0.2) is 0 Å². The van der Waals surface area contributed by atoms with Crippen LogP contribution in [-0.4, -0.2) is 10.9 Å². The molecule has 2 rings (SSSR count). The predicted octanol–water partition coefficient (Wildman–Crippen LogP) is 3.30. The zero-order valence-electron chi connectivity index (χ0n) is 10.7. The number of nitrogens with two attached hydrogens (primary N) is 1. The summed E-state index contributed by atoms with van der Waals surface area (Å²) in [7, 11) is 0. The molecule has 0 saturated heterocycles. The highest BCUT2D eigenvalue weighted by atomic mass is 79.9. The van der Waals surface area contributed by atoms with Crippen LogP contribution < -0.4 is 11.1 Å². The predicted molar refractivity (Wildman–Crippen MR) is 80.2 cm³/mol. The second-order valence-electron chi connectivity index (χ2n) is 4.35. The Hall–Kier alpha value is -1.88. The van der Waals surface area contributed by atoms with Crippen LogP contribution in [0.5, 0.6) is 0 Å². The Morgan fingerprint density at radius 1 is 1.32 bits per heavy atom. The molecule has 1 amide bonds. The third kappa shape index (κ3) is 3.12. The van der Waals surface area contributed by atoms with E-state index in [1.807, 2.05) is 32.0 Å². The SMILES string of the molecule is Cc1ccc(NC(=O)c2cnc(C)cc2N)c(Br)c1. The Morgan fingerprint density at radius 3 is 2.68 bits per heavy atom. The number of pyridine rings is 1. The smallest absolute Gasteiger partial charge is 0.259 e. The molecule has 1 aromatic carbocycles. The van der Waals surface area contributed by atoms with Crippen LogP contribution in [0.1, 0.15) is 21.6 Å². The lowest BCUT2D eigenvalue weighted by Gasteiger charge is -2.09. The molecule has 0 spiro atoms. The molecule has 0 fully saturated rings. The number of benzene rings is 1. The van der Waals surface area contributed by atoms with Crippen LogP contribution in [0.4, 0.5) is 11.4 Å². The number of hydrogen-bond donors (Lipinski definition) is 2. The van der Waals surface area contributed by atoms with Crippen molar-refractivity contribution in [1.82, 2.24) is 4.98 Å². The van der Waals surface area contributed by atoms with E-state index in [-0.39, 0.29) is 5.91 Å². The van der Waals surface area contributed by atoms with E-state index >= 15 is 0 Å². The molecule has 4 nitrogen and oxygen atoms in total. The van der Waals surface area contributed by atoms with Gasteiger partial charge in [0.15, 0.2) is 0 Å². The highest BCUT2D eigenvalue weighted by Gasteiger charge is 2.12. The number of nitrogens with zero attached hydrogens (tertiary/aromatic N) is 1. The largest absolute Gasteiger partial charge is 0.398 e.